The summed E-state index contributed by atoms with van der Waals surface area (Å²) in [5.41, 5.74) is 0.767. The number of carbonyl (C=O) groups excluding carboxylic acids is 1. The summed E-state index contributed by atoms with van der Waals surface area (Å²) in [5, 5.41) is 2.50. The van der Waals surface area contributed by atoms with Crippen molar-refractivity contribution in [2.24, 2.45) is 0 Å². The first kappa shape index (κ1) is 19.8. The molecular weight excluding hydrogens is 343 g/mol. The molecule has 0 heterocycles. The van der Waals surface area contributed by atoms with Crippen molar-refractivity contribution >= 4 is 15.7 Å². The van der Waals surface area contributed by atoms with Crippen molar-refractivity contribution in [2.45, 2.75) is 43.4 Å². The fraction of sp³-hybridized carbons (Fsp3) is 0.611. The fourth-order valence-corrected chi connectivity index (χ4v) is 5.12. The molecule has 7 heteroatoms. The number of nitrogens with one attached hydrogen (secondary N) is 1. The third-order valence-corrected chi connectivity index (χ3v) is 7.03. The molecule has 1 aliphatic rings. The number of amides is 1. The zero-order chi connectivity index (χ0) is 18.4. The van der Waals surface area contributed by atoms with E-state index >= 15 is 0 Å². The Hall–Kier alpha value is -1.47. The predicted octanol–water partition coefficient (Wildman–Crippen LogP) is 2.29. The molecule has 1 N–H and O–H groups in total. The van der Waals surface area contributed by atoms with E-state index in [9.17, 15) is 17.6 Å². The summed E-state index contributed by atoms with van der Waals surface area (Å²) in [4.78, 5) is 14.0. The number of likely N-dealkylation sites (N-methyl/N-ethyl adjacent to an activating group) is 1. The van der Waals surface area contributed by atoms with Gasteiger partial charge < -0.3 is 10.2 Å². The first-order valence-electron chi connectivity index (χ1n) is 8.70. The topological polar surface area (TPSA) is 66.5 Å². The third-order valence-electron chi connectivity index (χ3n) is 4.77. The van der Waals surface area contributed by atoms with Gasteiger partial charge >= 0.3 is 0 Å². The number of hydrogen-bond donors (Lipinski definition) is 1. The van der Waals surface area contributed by atoms with Crippen LogP contribution >= 0.6 is 0 Å². The van der Waals surface area contributed by atoms with E-state index in [0.717, 1.165) is 18.4 Å². The molecule has 0 spiro atoms. The number of carbonyl (C=O) groups is 1. The van der Waals surface area contributed by atoms with E-state index in [-0.39, 0.29) is 35.2 Å². The van der Waals surface area contributed by atoms with Crippen molar-refractivity contribution in [1.82, 2.24) is 10.2 Å². The second kappa shape index (κ2) is 8.76. The van der Waals surface area contributed by atoms with E-state index < -0.39 is 9.84 Å². The first-order valence-corrected chi connectivity index (χ1v) is 10.4. The molecule has 1 amide bonds. The molecular formula is C18H27FN2O3S. The van der Waals surface area contributed by atoms with Crippen LogP contribution < -0.4 is 5.32 Å². The molecule has 0 unspecified atom stereocenters. The van der Waals surface area contributed by atoms with Crippen LogP contribution in [0.1, 0.15) is 43.7 Å². The van der Waals surface area contributed by atoms with Crippen molar-refractivity contribution in [3.63, 3.8) is 0 Å². The minimum atomic E-state index is -3.19. The van der Waals surface area contributed by atoms with Crippen molar-refractivity contribution in [2.75, 3.05) is 26.4 Å². The molecule has 1 aromatic rings. The number of sulfone groups is 1. The highest BCUT2D eigenvalue weighted by Crippen LogP contribution is 2.25. The van der Waals surface area contributed by atoms with Crippen LogP contribution in [0.3, 0.4) is 0 Å². The molecule has 0 radical (unpaired) electrons. The van der Waals surface area contributed by atoms with Crippen molar-refractivity contribution < 1.29 is 17.6 Å². The molecule has 1 aromatic carbocycles. The van der Waals surface area contributed by atoms with E-state index in [4.69, 9.17) is 0 Å². The number of hydrogen-bond acceptors (Lipinski definition) is 4. The van der Waals surface area contributed by atoms with E-state index in [2.05, 4.69) is 5.32 Å². The Labute approximate surface area is 149 Å². The zero-order valence-electron chi connectivity index (χ0n) is 14.9. The largest absolute Gasteiger partial charge is 0.354 e. The Balaban J connectivity index is 1.87. The SMILES string of the molecule is CN(C)[C@H](CNC(=O)CCS(=O)(=O)C1CCCC1)c1cccc(F)c1. The first-order chi connectivity index (χ1) is 11.8. The second-order valence-electron chi connectivity index (χ2n) is 6.86. The Bertz CT molecular complexity index is 685. The molecule has 5 nitrogen and oxygen atoms in total. The maximum absolute atomic E-state index is 13.4. The number of nitrogens with zero attached hydrogens (tertiary/aromatic N) is 1. The highest BCUT2D eigenvalue weighted by Gasteiger charge is 2.29. The van der Waals surface area contributed by atoms with Gasteiger partial charge in [0.1, 0.15) is 5.82 Å². The Morgan fingerprint density at radius 2 is 2.00 bits per heavy atom. The standard InChI is InChI=1S/C18H27FN2O3S/c1-21(2)17(14-6-5-7-15(19)12-14)13-20-18(22)10-11-25(23,24)16-8-3-4-9-16/h5-7,12,16-17H,3-4,8-11,13H2,1-2H3,(H,20,22)/t17-/m1/s1. The van der Waals surface area contributed by atoms with Crippen LogP contribution in [0.25, 0.3) is 0 Å². The van der Waals surface area contributed by atoms with Gasteiger partial charge in [0.2, 0.25) is 5.91 Å². The van der Waals surface area contributed by atoms with Gasteiger partial charge in [-0.3, -0.25) is 4.79 Å². The summed E-state index contributed by atoms with van der Waals surface area (Å²) in [7, 11) is 0.518. The normalized spacial score (nSPS) is 17.0. The number of benzene rings is 1. The molecule has 2 rings (SSSR count). The summed E-state index contributed by atoms with van der Waals surface area (Å²) in [5.74, 6) is -0.709. The second-order valence-corrected chi connectivity index (χ2v) is 9.26. The van der Waals surface area contributed by atoms with Crippen LogP contribution in [0.5, 0.6) is 0 Å². The molecule has 140 valence electrons. The zero-order valence-corrected chi connectivity index (χ0v) is 15.7. The number of halogens is 1. The Morgan fingerprint density at radius 1 is 1.32 bits per heavy atom. The smallest absolute Gasteiger partial charge is 0.221 e. The minimum absolute atomic E-state index is 0.0257. The van der Waals surface area contributed by atoms with Crippen LogP contribution in [0.4, 0.5) is 4.39 Å². The van der Waals surface area contributed by atoms with Gasteiger partial charge in [0.05, 0.1) is 17.0 Å². The fourth-order valence-electron chi connectivity index (χ4n) is 3.26. The van der Waals surface area contributed by atoms with Gasteiger partial charge in [-0.05, 0) is 44.6 Å². The third kappa shape index (κ3) is 5.78. The summed E-state index contributed by atoms with van der Waals surface area (Å²) >= 11 is 0. The van der Waals surface area contributed by atoms with Crippen molar-refractivity contribution in [3.8, 4) is 0 Å². The molecule has 1 aliphatic carbocycles. The van der Waals surface area contributed by atoms with E-state index in [1.807, 2.05) is 25.1 Å². The Morgan fingerprint density at radius 3 is 2.60 bits per heavy atom. The summed E-state index contributed by atoms with van der Waals surface area (Å²) in [6, 6.07) is 6.09. The number of rotatable bonds is 8. The van der Waals surface area contributed by atoms with Gasteiger partial charge in [-0.25, -0.2) is 12.8 Å². The van der Waals surface area contributed by atoms with E-state index in [1.54, 1.807) is 6.07 Å². The molecule has 25 heavy (non-hydrogen) atoms. The average molecular weight is 370 g/mol. The predicted molar refractivity (Wildman–Crippen MR) is 96.5 cm³/mol. The van der Waals surface area contributed by atoms with Crippen LogP contribution in [-0.4, -0.2) is 50.9 Å². The maximum Gasteiger partial charge on any atom is 0.221 e. The van der Waals surface area contributed by atoms with E-state index in [0.29, 0.717) is 19.4 Å². The lowest BCUT2D eigenvalue weighted by Gasteiger charge is -2.25. The van der Waals surface area contributed by atoms with Gasteiger partial charge in [0.25, 0.3) is 0 Å². The lowest BCUT2D eigenvalue weighted by atomic mass is 10.1. The summed E-state index contributed by atoms with van der Waals surface area (Å²) in [6.07, 6.45) is 3.31. The van der Waals surface area contributed by atoms with Gasteiger partial charge in [-0.2, -0.15) is 0 Å². The molecule has 0 saturated heterocycles. The quantitative estimate of drug-likeness (QED) is 0.762. The minimum Gasteiger partial charge on any atom is -0.354 e. The lowest BCUT2D eigenvalue weighted by molar-refractivity contribution is -0.120. The molecule has 1 fully saturated rings. The maximum atomic E-state index is 13.4. The lowest BCUT2D eigenvalue weighted by Crippen LogP contribution is -2.35. The highest BCUT2D eigenvalue weighted by molar-refractivity contribution is 7.92. The molecule has 0 aromatic heterocycles. The van der Waals surface area contributed by atoms with Crippen LogP contribution in [0.2, 0.25) is 0 Å². The van der Waals surface area contributed by atoms with Gasteiger partial charge in [-0.15, -0.1) is 0 Å². The van der Waals surface area contributed by atoms with Crippen molar-refractivity contribution in [3.05, 3.63) is 35.6 Å². The van der Waals surface area contributed by atoms with Gasteiger partial charge in [0.15, 0.2) is 9.84 Å². The summed E-state index contributed by atoms with van der Waals surface area (Å²) in [6.45, 7) is 0.304. The highest BCUT2D eigenvalue weighted by atomic mass is 32.2. The average Bonchev–Trinajstić information content (AvgIpc) is 3.08. The Kier molecular flexibility index (Phi) is 6.95. The van der Waals surface area contributed by atoms with Crippen LogP contribution in [-0.2, 0) is 14.6 Å². The summed E-state index contributed by atoms with van der Waals surface area (Å²) < 4.78 is 37.8. The molecule has 1 saturated carbocycles. The van der Waals surface area contributed by atoms with Crippen LogP contribution in [0.15, 0.2) is 24.3 Å². The molecule has 0 bridgehead atoms. The molecule has 0 aliphatic heterocycles. The van der Waals surface area contributed by atoms with Gasteiger partial charge in [0, 0.05) is 13.0 Å². The van der Waals surface area contributed by atoms with Crippen molar-refractivity contribution in [1.29, 1.82) is 0 Å². The van der Waals surface area contributed by atoms with E-state index in [1.165, 1.54) is 12.1 Å². The van der Waals surface area contributed by atoms with Crippen LogP contribution in [0, 0.1) is 5.82 Å². The molecule has 1 atom stereocenters. The van der Waals surface area contributed by atoms with Gasteiger partial charge in [-0.1, -0.05) is 25.0 Å². The monoisotopic (exact) mass is 370 g/mol.